The average Bonchev–Trinajstić information content (AvgIpc) is 3.33. The van der Waals surface area contributed by atoms with Gasteiger partial charge in [0.1, 0.15) is 10.8 Å². The van der Waals surface area contributed by atoms with Crippen molar-refractivity contribution in [1.82, 2.24) is 0 Å². The molecular weight excluding hydrogens is 354 g/mol. The lowest BCUT2D eigenvalue weighted by Crippen LogP contribution is -2.14. The summed E-state index contributed by atoms with van der Waals surface area (Å²) in [6.07, 6.45) is 5.60. The molecule has 0 radical (unpaired) electrons. The van der Waals surface area contributed by atoms with Gasteiger partial charge in [-0.2, -0.15) is 0 Å². The number of thiophene rings is 2. The molecule has 0 unspecified atom stereocenters. The van der Waals surface area contributed by atoms with Crippen LogP contribution < -0.4 is 5.32 Å². The van der Waals surface area contributed by atoms with Gasteiger partial charge in [0, 0.05) is 4.88 Å². The first-order valence-electron chi connectivity index (χ1n) is 8.23. The van der Waals surface area contributed by atoms with Crippen molar-refractivity contribution >= 4 is 39.4 Å². The molecule has 0 fully saturated rings. The van der Waals surface area contributed by atoms with E-state index in [0.717, 1.165) is 31.2 Å². The summed E-state index contributed by atoms with van der Waals surface area (Å²) < 4.78 is 5.22. The number of hydrogen-bond acceptors (Lipinski definition) is 5. The van der Waals surface area contributed by atoms with Crippen LogP contribution in [-0.2, 0) is 12.8 Å². The van der Waals surface area contributed by atoms with Crippen molar-refractivity contribution in [3.05, 3.63) is 62.0 Å². The van der Waals surface area contributed by atoms with Crippen molar-refractivity contribution in [1.29, 1.82) is 0 Å². The van der Waals surface area contributed by atoms with Gasteiger partial charge in [-0.05, 0) is 55.7 Å². The molecule has 6 heteroatoms. The summed E-state index contributed by atoms with van der Waals surface area (Å²) in [7, 11) is 0. The van der Waals surface area contributed by atoms with Gasteiger partial charge in [-0.1, -0.05) is 6.07 Å². The first kappa shape index (κ1) is 16.3. The standard InChI is InChI=1S/C19H17NO3S2/c1-11-12(8-9-23-11)18(22)20-19-16(17(21)15-7-4-10-24-15)13-5-2-3-6-14(13)25-19/h4,7-10H,2-3,5-6H2,1H3,(H,20,22). The van der Waals surface area contributed by atoms with Crippen molar-refractivity contribution in [2.75, 3.05) is 5.32 Å². The lowest BCUT2D eigenvalue weighted by atomic mass is 9.93. The molecule has 0 spiro atoms. The van der Waals surface area contributed by atoms with Crippen LogP contribution in [0.15, 0.2) is 34.3 Å². The molecule has 3 aromatic rings. The van der Waals surface area contributed by atoms with E-state index in [1.807, 2.05) is 17.5 Å². The van der Waals surface area contributed by atoms with E-state index in [2.05, 4.69) is 5.32 Å². The number of carbonyl (C=O) groups excluding carboxylic acids is 2. The molecule has 1 aliphatic carbocycles. The summed E-state index contributed by atoms with van der Waals surface area (Å²) in [4.78, 5) is 27.6. The van der Waals surface area contributed by atoms with Gasteiger partial charge >= 0.3 is 0 Å². The number of ketones is 1. The highest BCUT2D eigenvalue weighted by atomic mass is 32.1. The molecule has 1 N–H and O–H groups in total. The van der Waals surface area contributed by atoms with E-state index in [0.29, 0.717) is 26.8 Å². The third kappa shape index (κ3) is 2.96. The van der Waals surface area contributed by atoms with Gasteiger partial charge in [0.15, 0.2) is 0 Å². The van der Waals surface area contributed by atoms with Crippen molar-refractivity contribution in [3.63, 3.8) is 0 Å². The maximum Gasteiger partial charge on any atom is 0.259 e. The lowest BCUT2D eigenvalue weighted by molar-refractivity contribution is 0.102. The summed E-state index contributed by atoms with van der Waals surface area (Å²) in [5, 5.41) is 5.52. The largest absolute Gasteiger partial charge is 0.469 e. The van der Waals surface area contributed by atoms with Gasteiger partial charge in [0.25, 0.3) is 5.91 Å². The van der Waals surface area contributed by atoms with Crippen LogP contribution in [0.1, 0.15) is 54.6 Å². The number of anilines is 1. The molecule has 3 aromatic heterocycles. The Morgan fingerprint density at radius 2 is 2.04 bits per heavy atom. The fraction of sp³-hybridized carbons (Fsp3) is 0.263. The zero-order valence-corrected chi connectivity index (χ0v) is 15.4. The highest BCUT2D eigenvalue weighted by Crippen LogP contribution is 2.40. The minimum absolute atomic E-state index is 0.00798. The first-order valence-corrected chi connectivity index (χ1v) is 9.93. The molecule has 4 rings (SSSR count). The van der Waals surface area contributed by atoms with Gasteiger partial charge in [0.2, 0.25) is 5.78 Å². The Bertz CT molecular complexity index is 934. The quantitative estimate of drug-likeness (QED) is 0.651. The second kappa shape index (κ2) is 6.61. The monoisotopic (exact) mass is 371 g/mol. The van der Waals surface area contributed by atoms with Crippen LogP contribution in [0.5, 0.6) is 0 Å². The summed E-state index contributed by atoms with van der Waals surface area (Å²) in [6.45, 7) is 1.76. The molecule has 0 aromatic carbocycles. The Hall–Kier alpha value is -2.18. The molecule has 0 bridgehead atoms. The second-order valence-corrected chi connectivity index (χ2v) is 8.12. The number of hydrogen-bond donors (Lipinski definition) is 1. The van der Waals surface area contributed by atoms with Crippen molar-refractivity contribution in [3.8, 4) is 0 Å². The van der Waals surface area contributed by atoms with E-state index in [4.69, 9.17) is 4.42 Å². The van der Waals surface area contributed by atoms with Crippen LogP contribution >= 0.6 is 22.7 Å². The van der Waals surface area contributed by atoms with E-state index in [1.165, 1.54) is 22.5 Å². The van der Waals surface area contributed by atoms with Crippen LogP contribution in [0.2, 0.25) is 0 Å². The van der Waals surface area contributed by atoms with E-state index in [1.54, 1.807) is 24.3 Å². The molecule has 1 amide bonds. The summed E-state index contributed by atoms with van der Waals surface area (Å²) >= 11 is 2.98. The van der Waals surface area contributed by atoms with Gasteiger partial charge in [-0.15, -0.1) is 22.7 Å². The molecule has 1 aliphatic rings. The van der Waals surface area contributed by atoms with E-state index < -0.39 is 0 Å². The summed E-state index contributed by atoms with van der Waals surface area (Å²) in [5.41, 5.74) is 2.30. The maximum absolute atomic E-state index is 13.0. The molecular formula is C19H17NO3S2. The number of carbonyl (C=O) groups is 2. The van der Waals surface area contributed by atoms with Crippen LogP contribution in [0, 0.1) is 6.92 Å². The van der Waals surface area contributed by atoms with Crippen LogP contribution in [0.4, 0.5) is 5.00 Å². The zero-order valence-electron chi connectivity index (χ0n) is 13.8. The molecule has 4 nitrogen and oxygen atoms in total. The molecule has 0 saturated heterocycles. The number of rotatable bonds is 4. The molecule has 25 heavy (non-hydrogen) atoms. The summed E-state index contributed by atoms with van der Waals surface area (Å²) in [6, 6.07) is 5.37. The van der Waals surface area contributed by atoms with Crippen LogP contribution in [0.3, 0.4) is 0 Å². The Morgan fingerprint density at radius 1 is 1.20 bits per heavy atom. The third-order valence-corrected chi connectivity index (χ3v) is 6.55. The third-order valence-electron chi connectivity index (χ3n) is 4.47. The van der Waals surface area contributed by atoms with Crippen molar-refractivity contribution < 1.29 is 14.0 Å². The molecule has 128 valence electrons. The number of aryl methyl sites for hydroxylation is 2. The zero-order chi connectivity index (χ0) is 17.4. The van der Waals surface area contributed by atoms with Gasteiger partial charge in [-0.3, -0.25) is 9.59 Å². The minimum atomic E-state index is -0.231. The van der Waals surface area contributed by atoms with Crippen LogP contribution in [0.25, 0.3) is 0 Å². The fourth-order valence-electron chi connectivity index (χ4n) is 3.22. The number of furan rings is 1. The highest BCUT2D eigenvalue weighted by Gasteiger charge is 2.28. The lowest BCUT2D eigenvalue weighted by Gasteiger charge is -2.12. The number of amides is 1. The van der Waals surface area contributed by atoms with E-state index in [9.17, 15) is 9.59 Å². The average molecular weight is 371 g/mol. The Balaban J connectivity index is 1.74. The number of nitrogens with one attached hydrogen (secondary N) is 1. The SMILES string of the molecule is Cc1occc1C(=O)Nc1sc2c(c1C(=O)c1cccs1)CCCC2. The number of fused-ring (bicyclic) bond motifs is 1. The van der Waals surface area contributed by atoms with Gasteiger partial charge in [-0.25, -0.2) is 0 Å². The maximum atomic E-state index is 13.0. The topological polar surface area (TPSA) is 59.3 Å². The van der Waals surface area contributed by atoms with Crippen molar-refractivity contribution in [2.45, 2.75) is 32.6 Å². The molecule has 3 heterocycles. The Kier molecular flexibility index (Phi) is 4.31. The summed E-state index contributed by atoms with van der Waals surface area (Å²) in [5.74, 6) is 0.351. The predicted molar refractivity (Wildman–Crippen MR) is 100 cm³/mol. The van der Waals surface area contributed by atoms with E-state index in [-0.39, 0.29) is 11.7 Å². The molecule has 0 aliphatic heterocycles. The minimum Gasteiger partial charge on any atom is -0.469 e. The predicted octanol–water partition coefficient (Wildman–Crippen LogP) is 5.07. The van der Waals surface area contributed by atoms with Gasteiger partial charge < -0.3 is 9.73 Å². The first-order chi connectivity index (χ1) is 12.1. The van der Waals surface area contributed by atoms with E-state index >= 15 is 0 Å². The Labute approximate surface area is 153 Å². The second-order valence-electron chi connectivity index (χ2n) is 6.07. The molecule has 0 saturated carbocycles. The normalized spacial score (nSPS) is 13.5. The Morgan fingerprint density at radius 3 is 2.76 bits per heavy atom. The smallest absolute Gasteiger partial charge is 0.259 e. The fourth-order valence-corrected chi connectivity index (χ4v) is 5.17. The van der Waals surface area contributed by atoms with Crippen molar-refractivity contribution in [2.24, 2.45) is 0 Å². The highest BCUT2D eigenvalue weighted by molar-refractivity contribution is 7.17. The molecule has 0 atom stereocenters. The van der Waals surface area contributed by atoms with Gasteiger partial charge in [0.05, 0.1) is 22.3 Å². The van der Waals surface area contributed by atoms with Crippen LogP contribution in [-0.4, -0.2) is 11.7 Å².